The van der Waals surface area contributed by atoms with Crippen LogP contribution in [0.3, 0.4) is 0 Å². The number of methoxy groups -OCH3 is 2. The molecular weight excluding hydrogens is 456 g/mol. The number of ether oxygens (including phenoxy) is 2. The third kappa shape index (κ3) is 5.36. The molecule has 4 rings (SSSR count). The molecule has 0 aliphatic heterocycles. The van der Waals surface area contributed by atoms with Gasteiger partial charge in [0.15, 0.2) is 0 Å². The monoisotopic (exact) mass is 492 g/mol. The molecule has 0 atom stereocenters. The molecule has 1 aliphatic carbocycles. The van der Waals surface area contributed by atoms with Crippen LogP contribution in [0.2, 0.25) is 0 Å². The molecule has 0 bridgehead atoms. The lowest BCUT2D eigenvalue weighted by atomic mass is 10.1. The number of rotatable bonds is 12. The van der Waals surface area contributed by atoms with Gasteiger partial charge in [-0.25, -0.2) is 14.6 Å². The molecule has 9 heteroatoms. The fourth-order valence-electron chi connectivity index (χ4n) is 4.42. The summed E-state index contributed by atoms with van der Waals surface area (Å²) in [7, 11) is 3.26. The van der Waals surface area contributed by atoms with E-state index in [-0.39, 0.29) is 11.8 Å². The maximum Gasteiger partial charge on any atom is 0.257 e. The predicted octanol–water partition coefficient (Wildman–Crippen LogP) is 4.03. The van der Waals surface area contributed by atoms with Crippen LogP contribution in [0.1, 0.15) is 55.6 Å². The summed E-state index contributed by atoms with van der Waals surface area (Å²) in [5.74, 6) is 2.13. The molecule has 1 saturated carbocycles. The molecule has 1 amide bonds. The smallest absolute Gasteiger partial charge is 0.257 e. The molecule has 1 fully saturated rings. The number of hydrogen-bond donors (Lipinski definition) is 0. The zero-order valence-electron chi connectivity index (χ0n) is 21.9. The Morgan fingerprint density at radius 2 is 1.83 bits per heavy atom. The van der Waals surface area contributed by atoms with Crippen molar-refractivity contribution in [1.82, 2.24) is 29.5 Å². The fraction of sp³-hybridized carbons (Fsp3) is 0.481. The van der Waals surface area contributed by atoms with Gasteiger partial charge in [-0.1, -0.05) is 13.8 Å². The highest BCUT2D eigenvalue weighted by molar-refractivity contribution is 5.95. The first-order valence-electron chi connectivity index (χ1n) is 12.7. The maximum atomic E-state index is 13.6. The van der Waals surface area contributed by atoms with Gasteiger partial charge in [-0.15, -0.1) is 0 Å². The van der Waals surface area contributed by atoms with E-state index in [1.54, 1.807) is 31.3 Å². The lowest BCUT2D eigenvalue weighted by molar-refractivity contribution is 0.0745. The summed E-state index contributed by atoms with van der Waals surface area (Å²) in [6.07, 6.45) is 5.44. The summed E-state index contributed by atoms with van der Waals surface area (Å²) < 4.78 is 12.7. The van der Waals surface area contributed by atoms with Gasteiger partial charge in [-0.05, 0) is 57.1 Å². The molecule has 0 unspecified atom stereocenters. The van der Waals surface area contributed by atoms with Crippen LogP contribution in [-0.4, -0.2) is 82.4 Å². The van der Waals surface area contributed by atoms with E-state index in [0.29, 0.717) is 41.8 Å². The number of nitrogens with zero attached hydrogens (tertiary/aromatic N) is 6. The molecule has 2 aromatic heterocycles. The summed E-state index contributed by atoms with van der Waals surface area (Å²) in [4.78, 5) is 27.1. The molecule has 3 aromatic rings. The number of carbonyl (C=O) groups excluding carboxylic acids is 1. The molecule has 2 heterocycles. The zero-order chi connectivity index (χ0) is 25.7. The average molecular weight is 493 g/mol. The van der Waals surface area contributed by atoms with Crippen LogP contribution in [-0.2, 0) is 0 Å². The van der Waals surface area contributed by atoms with Crippen LogP contribution in [0.4, 0.5) is 0 Å². The van der Waals surface area contributed by atoms with E-state index < -0.39 is 0 Å². The van der Waals surface area contributed by atoms with Gasteiger partial charge in [0.2, 0.25) is 0 Å². The van der Waals surface area contributed by atoms with E-state index in [1.807, 2.05) is 36.1 Å². The van der Waals surface area contributed by atoms with Crippen LogP contribution in [0.15, 0.2) is 36.7 Å². The van der Waals surface area contributed by atoms with E-state index >= 15 is 0 Å². The van der Waals surface area contributed by atoms with Gasteiger partial charge >= 0.3 is 0 Å². The summed E-state index contributed by atoms with van der Waals surface area (Å²) in [5, 5.41) is 4.60. The van der Waals surface area contributed by atoms with E-state index in [1.165, 1.54) is 0 Å². The highest BCUT2D eigenvalue weighted by atomic mass is 16.5. The zero-order valence-corrected chi connectivity index (χ0v) is 21.9. The minimum atomic E-state index is 0.0171. The molecule has 1 aromatic carbocycles. The highest BCUT2D eigenvalue weighted by Crippen LogP contribution is 2.42. The van der Waals surface area contributed by atoms with Gasteiger partial charge in [0.1, 0.15) is 11.5 Å². The molecular formula is C27H36N6O3. The molecule has 0 radical (unpaired) electrons. The van der Waals surface area contributed by atoms with Gasteiger partial charge in [0.05, 0.1) is 37.4 Å². The van der Waals surface area contributed by atoms with Crippen LogP contribution in [0.5, 0.6) is 11.5 Å². The summed E-state index contributed by atoms with van der Waals surface area (Å²) in [5.41, 5.74) is 3.03. The third-order valence-electron chi connectivity index (χ3n) is 6.77. The highest BCUT2D eigenvalue weighted by Gasteiger charge is 2.34. The maximum absolute atomic E-state index is 13.6. The molecule has 0 saturated heterocycles. The Bertz CT molecular complexity index is 1190. The Labute approximate surface area is 213 Å². The quantitative estimate of drug-likeness (QED) is 0.377. The van der Waals surface area contributed by atoms with Crippen molar-refractivity contribution in [2.24, 2.45) is 0 Å². The molecule has 0 spiro atoms. The summed E-state index contributed by atoms with van der Waals surface area (Å²) >= 11 is 0. The first kappa shape index (κ1) is 25.6. The Kier molecular flexibility index (Phi) is 8.20. The number of aromatic nitrogens is 4. The third-order valence-corrected chi connectivity index (χ3v) is 6.77. The Morgan fingerprint density at radius 1 is 1.06 bits per heavy atom. The van der Waals surface area contributed by atoms with Crippen molar-refractivity contribution in [3.05, 3.63) is 47.9 Å². The van der Waals surface area contributed by atoms with Gasteiger partial charge in [-0.3, -0.25) is 4.79 Å². The number of hydrogen-bond acceptors (Lipinski definition) is 7. The van der Waals surface area contributed by atoms with Crippen molar-refractivity contribution in [2.75, 3.05) is 46.9 Å². The molecule has 9 nitrogen and oxygen atoms in total. The lowest BCUT2D eigenvalue weighted by Gasteiger charge is -2.25. The summed E-state index contributed by atoms with van der Waals surface area (Å²) in [6.45, 7) is 10.4. The standard InChI is InChI=1S/C27H36N6O3/c1-6-31(7-2)15-16-32(8-3)26(34)22-18-29-33(25(22)19-9-10-19)27-28-14-13-23(30-27)21-17-20(35-4)11-12-24(21)36-5/h11-14,17-19H,6-10,15-16H2,1-5H3. The minimum Gasteiger partial charge on any atom is -0.497 e. The van der Waals surface area contributed by atoms with Crippen LogP contribution >= 0.6 is 0 Å². The second-order valence-corrected chi connectivity index (χ2v) is 8.85. The normalized spacial score (nSPS) is 13.2. The predicted molar refractivity (Wildman–Crippen MR) is 139 cm³/mol. The van der Waals surface area contributed by atoms with E-state index in [2.05, 4.69) is 28.8 Å². The van der Waals surface area contributed by atoms with Crippen molar-refractivity contribution < 1.29 is 14.3 Å². The summed E-state index contributed by atoms with van der Waals surface area (Å²) in [6, 6.07) is 7.42. The molecule has 192 valence electrons. The van der Waals surface area contributed by atoms with Gasteiger partial charge in [0.25, 0.3) is 11.9 Å². The van der Waals surface area contributed by atoms with Crippen LogP contribution < -0.4 is 9.47 Å². The van der Waals surface area contributed by atoms with Crippen molar-refractivity contribution in [3.63, 3.8) is 0 Å². The van der Waals surface area contributed by atoms with E-state index in [9.17, 15) is 4.79 Å². The van der Waals surface area contributed by atoms with Crippen molar-refractivity contribution in [2.45, 2.75) is 39.5 Å². The van der Waals surface area contributed by atoms with Crippen molar-refractivity contribution in [3.8, 4) is 28.7 Å². The van der Waals surface area contributed by atoms with Crippen LogP contribution in [0, 0.1) is 0 Å². The SMILES string of the molecule is CCN(CC)CCN(CC)C(=O)c1cnn(-c2nccc(-c3cc(OC)ccc3OC)n2)c1C1CC1. The second kappa shape index (κ2) is 11.5. The first-order valence-corrected chi connectivity index (χ1v) is 12.7. The van der Waals surface area contributed by atoms with E-state index in [4.69, 9.17) is 14.5 Å². The largest absolute Gasteiger partial charge is 0.497 e. The number of benzene rings is 1. The molecule has 36 heavy (non-hydrogen) atoms. The second-order valence-electron chi connectivity index (χ2n) is 8.85. The number of likely N-dealkylation sites (N-methyl/N-ethyl adjacent to an activating group) is 2. The van der Waals surface area contributed by atoms with E-state index in [0.717, 1.165) is 43.7 Å². The Morgan fingerprint density at radius 3 is 2.47 bits per heavy atom. The van der Waals surface area contributed by atoms with Gasteiger partial charge in [-0.2, -0.15) is 5.10 Å². The number of amides is 1. The Balaban J connectivity index is 1.67. The van der Waals surface area contributed by atoms with Crippen molar-refractivity contribution in [1.29, 1.82) is 0 Å². The lowest BCUT2D eigenvalue weighted by Crippen LogP contribution is -2.38. The van der Waals surface area contributed by atoms with Crippen LogP contribution in [0.25, 0.3) is 17.2 Å². The first-order chi connectivity index (χ1) is 17.5. The fourth-order valence-corrected chi connectivity index (χ4v) is 4.42. The topological polar surface area (TPSA) is 85.6 Å². The number of carbonyl (C=O) groups is 1. The van der Waals surface area contributed by atoms with Gasteiger partial charge in [0, 0.05) is 37.3 Å². The van der Waals surface area contributed by atoms with Gasteiger partial charge < -0.3 is 19.3 Å². The Hall–Kier alpha value is -3.46. The molecule has 1 aliphatic rings. The van der Waals surface area contributed by atoms with Crippen molar-refractivity contribution >= 4 is 5.91 Å². The minimum absolute atomic E-state index is 0.0171. The molecule has 0 N–H and O–H groups in total. The average Bonchev–Trinajstić information content (AvgIpc) is 3.67.